The van der Waals surface area contributed by atoms with Crippen molar-refractivity contribution in [2.75, 3.05) is 12.3 Å². The number of hydrogen-bond donors (Lipinski definition) is 1. The van der Waals surface area contributed by atoms with E-state index in [-0.39, 0.29) is 5.91 Å². The Labute approximate surface area is 144 Å². The van der Waals surface area contributed by atoms with Crippen LogP contribution in [0.2, 0.25) is 5.02 Å². The van der Waals surface area contributed by atoms with E-state index in [1.165, 1.54) is 4.88 Å². The summed E-state index contributed by atoms with van der Waals surface area (Å²) in [7, 11) is 0. The maximum Gasteiger partial charge on any atom is 0.260 e. The van der Waals surface area contributed by atoms with Gasteiger partial charge in [-0.25, -0.2) is 0 Å². The van der Waals surface area contributed by atoms with Crippen molar-refractivity contribution < 1.29 is 9.53 Å². The highest BCUT2D eigenvalue weighted by atomic mass is 35.5. The van der Waals surface area contributed by atoms with Crippen molar-refractivity contribution in [3.8, 4) is 5.75 Å². The largest absolute Gasteiger partial charge is 0.481 e. The summed E-state index contributed by atoms with van der Waals surface area (Å²) in [5, 5.41) is 5.55. The number of ether oxygens (including phenoxy) is 1. The van der Waals surface area contributed by atoms with E-state index >= 15 is 0 Å². The predicted molar refractivity (Wildman–Crippen MR) is 95.0 cm³/mol. The molecule has 2 aromatic rings. The summed E-state index contributed by atoms with van der Waals surface area (Å²) in [6.07, 6.45) is -0.541. The van der Waals surface area contributed by atoms with Crippen LogP contribution in [0.5, 0.6) is 5.75 Å². The van der Waals surface area contributed by atoms with Crippen molar-refractivity contribution >= 4 is 40.6 Å². The van der Waals surface area contributed by atoms with Gasteiger partial charge in [0.2, 0.25) is 0 Å². The molecule has 0 radical (unpaired) electrons. The number of thiophene rings is 1. The van der Waals surface area contributed by atoms with Gasteiger partial charge >= 0.3 is 0 Å². The summed E-state index contributed by atoms with van der Waals surface area (Å²) in [4.78, 5) is 13.3. The molecule has 1 atom stereocenters. The third kappa shape index (κ3) is 5.91. The van der Waals surface area contributed by atoms with E-state index in [9.17, 15) is 4.79 Å². The van der Waals surface area contributed by atoms with Gasteiger partial charge in [-0.05, 0) is 36.6 Å². The van der Waals surface area contributed by atoms with Crippen LogP contribution in [-0.4, -0.2) is 24.3 Å². The first kappa shape index (κ1) is 17.2. The van der Waals surface area contributed by atoms with Gasteiger partial charge in [-0.2, -0.15) is 11.8 Å². The number of benzene rings is 1. The van der Waals surface area contributed by atoms with E-state index in [2.05, 4.69) is 22.8 Å². The molecule has 3 nitrogen and oxygen atoms in total. The van der Waals surface area contributed by atoms with Gasteiger partial charge in [0, 0.05) is 28.0 Å². The van der Waals surface area contributed by atoms with E-state index in [1.54, 1.807) is 42.5 Å². The maximum absolute atomic E-state index is 11.9. The Balaban J connectivity index is 1.64. The zero-order valence-corrected chi connectivity index (χ0v) is 14.6. The van der Waals surface area contributed by atoms with E-state index in [4.69, 9.17) is 16.3 Å². The molecule has 1 aromatic carbocycles. The first-order valence-corrected chi connectivity index (χ1v) is 9.36. The molecule has 0 fully saturated rings. The quantitative estimate of drug-likeness (QED) is 0.720. The van der Waals surface area contributed by atoms with Gasteiger partial charge in [-0.3, -0.25) is 4.79 Å². The fraction of sp³-hybridized carbons (Fsp3) is 0.312. The van der Waals surface area contributed by atoms with Crippen molar-refractivity contribution in [1.82, 2.24) is 5.32 Å². The molecular formula is C16H18ClNO2S2. The highest BCUT2D eigenvalue weighted by molar-refractivity contribution is 7.98. The monoisotopic (exact) mass is 355 g/mol. The molecule has 22 heavy (non-hydrogen) atoms. The molecular weight excluding hydrogens is 338 g/mol. The molecule has 0 aliphatic rings. The predicted octanol–water partition coefficient (Wildman–Crippen LogP) is 4.22. The van der Waals surface area contributed by atoms with E-state index in [1.807, 2.05) is 11.8 Å². The summed E-state index contributed by atoms with van der Waals surface area (Å²) in [5.74, 6) is 2.36. The van der Waals surface area contributed by atoms with Crippen molar-refractivity contribution in [3.05, 3.63) is 51.7 Å². The number of amides is 1. The Morgan fingerprint density at radius 2 is 2.27 bits per heavy atom. The van der Waals surface area contributed by atoms with E-state index < -0.39 is 6.10 Å². The lowest BCUT2D eigenvalue weighted by molar-refractivity contribution is -0.127. The fourth-order valence-corrected chi connectivity index (χ4v) is 3.64. The normalized spacial score (nSPS) is 11.9. The minimum absolute atomic E-state index is 0.114. The van der Waals surface area contributed by atoms with Gasteiger partial charge in [-0.1, -0.05) is 23.7 Å². The van der Waals surface area contributed by atoms with Gasteiger partial charge < -0.3 is 10.1 Å². The maximum atomic E-state index is 11.9. The van der Waals surface area contributed by atoms with Gasteiger partial charge in [0.25, 0.3) is 5.91 Å². The minimum Gasteiger partial charge on any atom is -0.481 e. The second-order valence-electron chi connectivity index (χ2n) is 4.64. The van der Waals surface area contributed by atoms with Crippen LogP contribution in [0, 0.1) is 0 Å². The number of rotatable bonds is 8. The highest BCUT2D eigenvalue weighted by Crippen LogP contribution is 2.18. The van der Waals surface area contributed by atoms with Gasteiger partial charge in [-0.15, -0.1) is 11.3 Å². The molecule has 0 spiro atoms. The molecule has 1 heterocycles. The molecule has 0 saturated heterocycles. The Kier molecular flexibility index (Phi) is 7.09. The molecule has 0 saturated carbocycles. The number of carbonyl (C=O) groups is 1. The van der Waals surface area contributed by atoms with E-state index in [0.29, 0.717) is 17.3 Å². The van der Waals surface area contributed by atoms with Crippen LogP contribution in [0.15, 0.2) is 41.8 Å². The van der Waals surface area contributed by atoms with Crippen molar-refractivity contribution in [1.29, 1.82) is 0 Å². The highest BCUT2D eigenvalue weighted by Gasteiger charge is 2.14. The van der Waals surface area contributed by atoms with Crippen LogP contribution in [0.3, 0.4) is 0 Å². The second kappa shape index (κ2) is 9.08. The summed E-state index contributed by atoms with van der Waals surface area (Å²) >= 11 is 9.45. The average molecular weight is 356 g/mol. The second-order valence-corrected chi connectivity index (χ2v) is 7.21. The molecule has 118 valence electrons. The van der Waals surface area contributed by atoms with Crippen molar-refractivity contribution in [2.24, 2.45) is 0 Å². The Hall–Kier alpha value is -1.17. The summed E-state index contributed by atoms with van der Waals surface area (Å²) in [6.45, 7) is 2.37. The van der Waals surface area contributed by atoms with Gasteiger partial charge in [0.1, 0.15) is 5.75 Å². The average Bonchev–Trinajstić information content (AvgIpc) is 3.00. The molecule has 1 unspecified atom stereocenters. The van der Waals surface area contributed by atoms with Crippen molar-refractivity contribution in [3.63, 3.8) is 0 Å². The molecule has 1 N–H and O–H groups in total. The third-order valence-corrected chi connectivity index (χ3v) is 5.15. The summed E-state index contributed by atoms with van der Waals surface area (Å²) < 4.78 is 5.57. The van der Waals surface area contributed by atoms with Crippen molar-refractivity contribution in [2.45, 2.75) is 18.8 Å². The molecule has 2 rings (SSSR count). The minimum atomic E-state index is -0.541. The molecule has 0 bridgehead atoms. The molecule has 1 amide bonds. The lowest BCUT2D eigenvalue weighted by Gasteiger charge is -2.14. The summed E-state index contributed by atoms with van der Waals surface area (Å²) in [6, 6.07) is 11.2. The summed E-state index contributed by atoms with van der Waals surface area (Å²) in [5.41, 5.74) is 0. The molecule has 1 aromatic heterocycles. The van der Waals surface area contributed by atoms with Gasteiger partial charge in [0.15, 0.2) is 6.10 Å². The number of thioether (sulfide) groups is 1. The Morgan fingerprint density at radius 1 is 1.41 bits per heavy atom. The number of carbonyl (C=O) groups excluding carboxylic acids is 1. The van der Waals surface area contributed by atoms with Crippen LogP contribution in [0.1, 0.15) is 11.8 Å². The molecule has 0 aliphatic carbocycles. The zero-order chi connectivity index (χ0) is 15.8. The lowest BCUT2D eigenvalue weighted by Crippen LogP contribution is -2.37. The third-order valence-electron chi connectivity index (χ3n) is 2.85. The van der Waals surface area contributed by atoms with Gasteiger partial charge in [0.05, 0.1) is 0 Å². The molecule has 6 heteroatoms. The topological polar surface area (TPSA) is 38.3 Å². The molecule has 0 aliphatic heterocycles. The standard InChI is InChI=1S/C16H18ClNO2S2/c1-12(20-14-5-2-4-13(17)10-14)16(19)18-7-9-21-11-15-6-3-8-22-15/h2-6,8,10,12H,7,9,11H2,1H3,(H,18,19). The van der Waals surface area contributed by atoms with Crippen LogP contribution in [-0.2, 0) is 10.5 Å². The smallest absolute Gasteiger partial charge is 0.260 e. The van der Waals surface area contributed by atoms with Crippen LogP contribution in [0.25, 0.3) is 0 Å². The first-order chi connectivity index (χ1) is 10.6. The van der Waals surface area contributed by atoms with E-state index in [0.717, 1.165) is 11.5 Å². The Morgan fingerprint density at radius 3 is 3.00 bits per heavy atom. The first-order valence-electron chi connectivity index (χ1n) is 6.95. The van der Waals surface area contributed by atoms with Crippen LogP contribution < -0.4 is 10.1 Å². The number of nitrogens with one attached hydrogen (secondary N) is 1. The van der Waals surface area contributed by atoms with Crippen LogP contribution >= 0.6 is 34.7 Å². The number of hydrogen-bond acceptors (Lipinski definition) is 4. The SMILES string of the molecule is CC(Oc1cccc(Cl)c1)C(=O)NCCSCc1cccs1. The van der Waals surface area contributed by atoms with Crippen LogP contribution in [0.4, 0.5) is 0 Å². The number of halogens is 1. The fourth-order valence-electron chi connectivity index (χ4n) is 1.76. The zero-order valence-electron chi connectivity index (χ0n) is 12.3. The Bertz CT molecular complexity index is 590. The lowest BCUT2D eigenvalue weighted by atomic mass is 10.3.